The summed E-state index contributed by atoms with van der Waals surface area (Å²) in [6, 6.07) is 14.5. The lowest BCUT2D eigenvalue weighted by Crippen LogP contribution is -2.33. The van der Waals surface area contributed by atoms with Crippen LogP contribution >= 0.6 is 0 Å². The summed E-state index contributed by atoms with van der Waals surface area (Å²) in [5.41, 5.74) is 5.60. The van der Waals surface area contributed by atoms with Crippen molar-refractivity contribution >= 4 is 0 Å². The highest BCUT2D eigenvalue weighted by Gasteiger charge is 2.40. The van der Waals surface area contributed by atoms with Crippen LogP contribution in [0.2, 0.25) is 0 Å². The van der Waals surface area contributed by atoms with E-state index >= 15 is 0 Å². The van der Waals surface area contributed by atoms with E-state index in [4.69, 9.17) is 0 Å². The third-order valence-corrected chi connectivity index (χ3v) is 6.97. The maximum Gasteiger partial charge on any atom is 0.123 e. The molecule has 0 amide bonds. The number of halogens is 1. The maximum atomic E-state index is 14.1. The average molecular weight is 349 g/mol. The second-order valence-corrected chi connectivity index (χ2v) is 8.63. The van der Waals surface area contributed by atoms with Crippen molar-refractivity contribution < 1.29 is 4.39 Å². The first-order valence-corrected chi connectivity index (χ1v) is 10.4. The zero-order chi connectivity index (χ0) is 17.5. The molecule has 2 fully saturated rings. The van der Waals surface area contributed by atoms with Gasteiger partial charge in [-0.15, -0.1) is 0 Å². The summed E-state index contributed by atoms with van der Waals surface area (Å²) in [6.45, 7) is 3.78. The largest absolute Gasteiger partial charge is 0.303 e. The Labute approximate surface area is 156 Å². The molecule has 26 heavy (non-hydrogen) atoms. The molecule has 1 aliphatic heterocycles. The molecule has 2 aromatic carbocycles. The molecule has 1 saturated carbocycles. The Morgan fingerprint density at radius 2 is 1.58 bits per heavy atom. The summed E-state index contributed by atoms with van der Waals surface area (Å²) >= 11 is 0. The molecular formula is C24H28FN. The van der Waals surface area contributed by atoms with E-state index in [1.807, 2.05) is 12.1 Å². The van der Waals surface area contributed by atoms with Crippen LogP contribution in [0.25, 0.3) is 0 Å². The van der Waals surface area contributed by atoms with Crippen LogP contribution in [-0.4, -0.2) is 24.5 Å². The molecule has 2 aromatic rings. The van der Waals surface area contributed by atoms with Crippen molar-refractivity contribution in [2.24, 2.45) is 5.92 Å². The predicted molar refractivity (Wildman–Crippen MR) is 104 cm³/mol. The number of fused-ring (bicyclic) bond motifs is 5. The summed E-state index contributed by atoms with van der Waals surface area (Å²) in [4.78, 5) is 2.68. The normalized spacial score (nSPS) is 28.1. The Balaban J connectivity index is 1.48. The third kappa shape index (κ3) is 2.99. The van der Waals surface area contributed by atoms with Gasteiger partial charge in [0.05, 0.1) is 0 Å². The van der Waals surface area contributed by atoms with E-state index < -0.39 is 0 Å². The van der Waals surface area contributed by atoms with Gasteiger partial charge in [0.2, 0.25) is 0 Å². The number of piperidine rings is 1. The Hall–Kier alpha value is -1.67. The lowest BCUT2D eigenvalue weighted by molar-refractivity contribution is 0.195. The fourth-order valence-corrected chi connectivity index (χ4v) is 5.82. The number of hydrogen-bond acceptors (Lipinski definition) is 1. The van der Waals surface area contributed by atoms with Gasteiger partial charge in [-0.1, -0.05) is 36.8 Å². The summed E-state index contributed by atoms with van der Waals surface area (Å²) in [5, 5.41) is 0. The number of likely N-dealkylation sites (tertiary alicyclic amines) is 1. The molecule has 0 aromatic heterocycles. The highest BCUT2D eigenvalue weighted by Crippen LogP contribution is 2.52. The molecule has 3 unspecified atom stereocenters. The molecule has 0 N–H and O–H groups in total. The van der Waals surface area contributed by atoms with Gasteiger partial charge < -0.3 is 4.90 Å². The average Bonchev–Trinajstić information content (AvgIpc) is 3.03. The fraction of sp³-hybridized carbons (Fsp3) is 0.500. The number of hydrogen-bond donors (Lipinski definition) is 0. The van der Waals surface area contributed by atoms with E-state index in [1.54, 1.807) is 6.07 Å². The van der Waals surface area contributed by atoms with Gasteiger partial charge in [0.25, 0.3) is 0 Å². The molecule has 2 heteroatoms. The van der Waals surface area contributed by atoms with Crippen LogP contribution in [0, 0.1) is 11.7 Å². The van der Waals surface area contributed by atoms with Gasteiger partial charge in [-0.2, -0.15) is 0 Å². The van der Waals surface area contributed by atoms with Crippen LogP contribution < -0.4 is 0 Å². The van der Waals surface area contributed by atoms with Gasteiger partial charge >= 0.3 is 0 Å². The molecule has 0 radical (unpaired) electrons. The van der Waals surface area contributed by atoms with Crippen molar-refractivity contribution in [3.8, 4) is 0 Å². The van der Waals surface area contributed by atoms with Gasteiger partial charge in [0, 0.05) is 6.54 Å². The molecule has 2 aliphatic carbocycles. The molecular weight excluding hydrogens is 321 g/mol. The zero-order valence-corrected chi connectivity index (χ0v) is 15.5. The summed E-state index contributed by atoms with van der Waals surface area (Å²) in [5.74, 6) is 1.71. The minimum Gasteiger partial charge on any atom is -0.303 e. The Morgan fingerprint density at radius 1 is 0.846 bits per heavy atom. The van der Waals surface area contributed by atoms with Gasteiger partial charge in [0.1, 0.15) is 5.82 Å². The number of rotatable bonds is 2. The van der Waals surface area contributed by atoms with Gasteiger partial charge in [-0.3, -0.25) is 0 Å². The Bertz CT molecular complexity index is 793. The third-order valence-electron chi connectivity index (χ3n) is 6.97. The zero-order valence-electron chi connectivity index (χ0n) is 15.5. The molecule has 136 valence electrons. The fourth-order valence-electron chi connectivity index (χ4n) is 5.82. The number of benzene rings is 2. The van der Waals surface area contributed by atoms with Crippen LogP contribution in [-0.2, 0) is 6.42 Å². The molecule has 0 spiro atoms. The van der Waals surface area contributed by atoms with Gasteiger partial charge in [0.15, 0.2) is 0 Å². The van der Waals surface area contributed by atoms with Crippen LogP contribution in [0.3, 0.4) is 0 Å². The molecule has 0 bridgehead atoms. The van der Waals surface area contributed by atoms with Gasteiger partial charge in [-0.25, -0.2) is 4.39 Å². The first-order chi connectivity index (χ1) is 12.8. The highest BCUT2D eigenvalue weighted by molar-refractivity contribution is 5.46. The number of nitrogens with zero attached hydrogens (tertiary/aromatic N) is 1. The SMILES string of the molecule is Fc1ccc2c(c1)C1CC(CN3CCCCC3)CC1c1ccccc1C2. The van der Waals surface area contributed by atoms with Crippen LogP contribution in [0.1, 0.15) is 66.2 Å². The molecule has 1 nitrogen and oxygen atoms in total. The maximum absolute atomic E-state index is 14.1. The molecule has 1 saturated heterocycles. The minimum atomic E-state index is -0.0760. The molecule has 5 rings (SSSR count). The summed E-state index contributed by atoms with van der Waals surface area (Å²) in [7, 11) is 0. The lowest BCUT2D eigenvalue weighted by atomic mass is 9.84. The predicted octanol–water partition coefficient (Wildman–Crippen LogP) is 5.49. The van der Waals surface area contributed by atoms with Crippen molar-refractivity contribution in [3.05, 3.63) is 70.5 Å². The molecule has 3 atom stereocenters. The van der Waals surface area contributed by atoms with E-state index in [0.717, 1.165) is 12.3 Å². The van der Waals surface area contributed by atoms with Crippen molar-refractivity contribution in [3.63, 3.8) is 0 Å². The van der Waals surface area contributed by atoms with E-state index in [-0.39, 0.29) is 5.82 Å². The van der Waals surface area contributed by atoms with Crippen LogP contribution in [0.15, 0.2) is 42.5 Å². The Kier molecular flexibility index (Phi) is 4.32. The quantitative estimate of drug-likeness (QED) is 0.692. The summed E-state index contributed by atoms with van der Waals surface area (Å²) in [6.07, 6.45) is 7.54. The van der Waals surface area contributed by atoms with Crippen molar-refractivity contribution in [2.75, 3.05) is 19.6 Å². The van der Waals surface area contributed by atoms with Crippen molar-refractivity contribution in [1.29, 1.82) is 0 Å². The van der Waals surface area contributed by atoms with Crippen molar-refractivity contribution in [1.82, 2.24) is 4.90 Å². The van der Waals surface area contributed by atoms with Gasteiger partial charge in [-0.05, 0) is 97.3 Å². The van der Waals surface area contributed by atoms with E-state index in [0.29, 0.717) is 11.8 Å². The first kappa shape index (κ1) is 16.5. The van der Waals surface area contributed by atoms with Crippen LogP contribution in [0.4, 0.5) is 4.39 Å². The molecule has 1 heterocycles. The van der Waals surface area contributed by atoms with Crippen LogP contribution in [0.5, 0.6) is 0 Å². The van der Waals surface area contributed by atoms with Crippen molar-refractivity contribution in [2.45, 2.75) is 50.4 Å². The van der Waals surface area contributed by atoms with E-state index in [2.05, 4.69) is 29.2 Å². The lowest BCUT2D eigenvalue weighted by Gasteiger charge is -2.29. The minimum absolute atomic E-state index is 0.0760. The first-order valence-electron chi connectivity index (χ1n) is 10.4. The van der Waals surface area contributed by atoms with E-state index in [1.165, 1.54) is 74.0 Å². The standard InChI is InChI=1S/C24H28FN/c25-20-9-8-19-14-18-6-2-3-7-21(18)23-12-17(13-24(23)22(19)15-20)16-26-10-4-1-5-11-26/h2-3,6-9,15,17,23-24H,1,4-5,10-14,16H2. The topological polar surface area (TPSA) is 3.24 Å². The molecule has 3 aliphatic rings. The second kappa shape index (κ2) is 6.81. The summed E-state index contributed by atoms with van der Waals surface area (Å²) < 4.78 is 14.1. The second-order valence-electron chi connectivity index (χ2n) is 8.63. The highest BCUT2D eigenvalue weighted by atomic mass is 19.1. The van der Waals surface area contributed by atoms with E-state index in [9.17, 15) is 4.39 Å². The monoisotopic (exact) mass is 349 g/mol. The smallest absolute Gasteiger partial charge is 0.123 e. The Morgan fingerprint density at radius 3 is 2.42 bits per heavy atom.